The van der Waals surface area contributed by atoms with Crippen molar-refractivity contribution in [1.29, 1.82) is 0 Å². The average molecular weight is 134 g/mol. The minimum Gasteiger partial charge on any atom is -0.380 e. The van der Waals surface area contributed by atoms with E-state index < -0.39 is 0 Å². The Morgan fingerprint density at radius 2 is 2.50 bits per heavy atom. The summed E-state index contributed by atoms with van der Waals surface area (Å²) in [5, 5.41) is 3.26. The quantitative estimate of drug-likeness (QED) is 0.522. The van der Waals surface area contributed by atoms with Gasteiger partial charge in [-0.3, -0.25) is 4.99 Å². The fourth-order valence-corrected chi connectivity index (χ4v) is 1.23. The van der Waals surface area contributed by atoms with Crippen molar-refractivity contribution in [3.8, 4) is 0 Å². The molecule has 52 valence electrons. The number of fused-ring (bicyclic) bond motifs is 1. The molecule has 0 aromatic rings. The van der Waals surface area contributed by atoms with Crippen molar-refractivity contribution >= 4 is 5.71 Å². The number of allylic oxidation sites excluding steroid dienone is 1. The second kappa shape index (κ2) is 2.29. The van der Waals surface area contributed by atoms with Gasteiger partial charge < -0.3 is 5.32 Å². The summed E-state index contributed by atoms with van der Waals surface area (Å²) >= 11 is 0. The molecule has 2 heterocycles. The van der Waals surface area contributed by atoms with Gasteiger partial charge in [0.1, 0.15) is 0 Å². The van der Waals surface area contributed by atoms with Crippen molar-refractivity contribution in [2.45, 2.75) is 6.42 Å². The molecule has 1 N–H and O–H groups in total. The smallest absolute Gasteiger partial charge is 0.0800 e. The van der Waals surface area contributed by atoms with Gasteiger partial charge in [-0.2, -0.15) is 0 Å². The van der Waals surface area contributed by atoms with Crippen molar-refractivity contribution < 1.29 is 0 Å². The van der Waals surface area contributed by atoms with Crippen LogP contribution in [0.2, 0.25) is 0 Å². The van der Waals surface area contributed by atoms with Gasteiger partial charge >= 0.3 is 0 Å². The lowest BCUT2D eigenvalue weighted by Crippen LogP contribution is -2.25. The predicted octanol–water partition coefficient (Wildman–Crippen LogP) is 0.874. The zero-order valence-electron chi connectivity index (χ0n) is 5.80. The van der Waals surface area contributed by atoms with Gasteiger partial charge in [0, 0.05) is 13.1 Å². The lowest BCUT2D eigenvalue weighted by atomic mass is 10.1. The third-order valence-electron chi connectivity index (χ3n) is 1.72. The van der Waals surface area contributed by atoms with Gasteiger partial charge in [-0.15, -0.1) is 0 Å². The van der Waals surface area contributed by atoms with E-state index in [1.807, 2.05) is 0 Å². The second-order valence-electron chi connectivity index (χ2n) is 2.46. The van der Waals surface area contributed by atoms with Crippen LogP contribution in [-0.4, -0.2) is 18.8 Å². The van der Waals surface area contributed by atoms with Crippen molar-refractivity contribution in [2.24, 2.45) is 4.99 Å². The van der Waals surface area contributed by atoms with Gasteiger partial charge in [0.2, 0.25) is 0 Å². The van der Waals surface area contributed by atoms with Crippen LogP contribution in [0.1, 0.15) is 6.42 Å². The average Bonchev–Trinajstić information content (AvgIpc) is 2.05. The molecule has 2 aliphatic rings. The number of aliphatic imine (C=N–C) groups is 1. The fraction of sp³-hybridized carbons (Fsp3) is 0.375. The van der Waals surface area contributed by atoms with E-state index in [2.05, 4.69) is 28.5 Å². The Balaban J connectivity index is 2.33. The predicted molar refractivity (Wildman–Crippen MR) is 42.1 cm³/mol. The molecule has 2 aliphatic heterocycles. The highest BCUT2D eigenvalue weighted by Gasteiger charge is 2.08. The van der Waals surface area contributed by atoms with E-state index in [0.29, 0.717) is 0 Å². The van der Waals surface area contributed by atoms with Crippen LogP contribution in [0.5, 0.6) is 0 Å². The largest absolute Gasteiger partial charge is 0.380 e. The van der Waals surface area contributed by atoms with Gasteiger partial charge in [0.15, 0.2) is 0 Å². The van der Waals surface area contributed by atoms with Gasteiger partial charge in [-0.1, -0.05) is 12.2 Å². The monoisotopic (exact) mass is 134 g/mol. The molecule has 0 atom stereocenters. The third kappa shape index (κ3) is 0.856. The Bertz CT molecular complexity index is 223. The molecule has 0 radical (unpaired) electrons. The summed E-state index contributed by atoms with van der Waals surface area (Å²) in [5.41, 5.74) is 2.34. The highest BCUT2D eigenvalue weighted by molar-refractivity contribution is 6.09. The maximum absolute atomic E-state index is 4.35. The first kappa shape index (κ1) is 5.71. The van der Waals surface area contributed by atoms with Crippen molar-refractivity contribution in [2.75, 3.05) is 13.1 Å². The maximum atomic E-state index is 4.35. The van der Waals surface area contributed by atoms with Crippen molar-refractivity contribution in [1.82, 2.24) is 5.32 Å². The van der Waals surface area contributed by atoms with E-state index in [9.17, 15) is 0 Å². The third-order valence-corrected chi connectivity index (χ3v) is 1.72. The highest BCUT2D eigenvalue weighted by Crippen LogP contribution is 2.08. The summed E-state index contributed by atoms with van der Waals surface area (Å²) in [4.78, 5) is 4.35. The van der Waals surface area contributed by atoms with E-state index >= 15 is 0 Å². The first-order valence-corrected chi connectivity index (χ1v) is 3.62. The normalized spacial score (nSPS) is 22.4. The number of rotatable bonds is 0. The molecule has 0 amide bonds. The number of hydrogen-bond donors (Lipinski definition) is 1. The Labute approximate surface area is 60.3 Å². The standard InChI is InChI=1S/C8H10N2/c1-3-7-8(9-5-1)4-2-6-10-7/h1,3-4,9H,2,5-6H2. The molecular formula is C8H10N2. The van der Waals surface area contributed by atoms with Gasteiger partial charge in [-0.05, 0) is 12.5 Å². The van der Waals surface area contributed by atoms with E-state index in [-0.39, 0.29) is 0 Å². The van der Waals surface area contributed by atoms with E-state index in [0.717, 1.165) is 25.2 Å². The first-order valence-electron chi connectivity index (χ1n) is 3.62. The molecule has 2 rings (SSSR count). The lowest BCUT2D eigenvalue weighted by Gasteiger charge is -2.17. The fourth-order valence-electron chi connectivity index (χ4n) is 1.23. The first-order chi connectivity index (χ1) is 4.97. The maximum Gasteiger partial charge on any atom is 0.0800 e. The summed E-state index contributed by atoms with van der Waals surface area (Å²) < 4.78 is 0. The number of dihydropyridines is 1. The van der Waals surface area contributed by atoms with Crippen LogP contribution >= 0.6 is 0 Å². The van der Waals surface area contributed by atoms with Crippen LogP contribution in [0.25, 0.3) is 0 Å². The molecule has 0 saturated heterocycles. The molecule has 2 heteroatoms. The lowest BCUT2D eigenvalue weighted by molar-refractivity contribution is 0.881. The number of hydrogen-bond acceptors (Lipinski definition) is 2. The van der Waals surface area contributed by atoms with Crippen LogP contribution in [-0.2, 0) is 0 Å². The van der Waals surface area contributed by atoms with E-state index in [1.165, 1.54) is 5.70 Å². The van der Waals surface area contributed by atoms with Crippen molar-refractivity contribution in [3.63, 3.8) is 0 Å². The van der Waals surface area contributed by atoms with Crippen LogP contribution in [0.15, 0.2) is 28.9 Å². The summed E-state index contributed by atoms with van der Waals surface area (Å²) in [5.74, 6) is 0. The van der Waals surface area contributed by atoms with Gasteiger partial charge in [0.05, 0.1) is 11.4 Å². The molecule has 0 fully saturated rings. The minimum absolute atomic E-state index is 0.949. The van der Waals surface area contributed by atoms with Crippen LogP contribution in [0.3, 0.4) is 0 Å². The Kier molecular flexibility index (Phi) is 1.31. The van der Waals surface area contributed by atoms with Crippen LogP contribution in [0.4, 0.5) is 0 Å². The summed E-state index contributed by atoms with van der Waals surface area (Å²) in [6, 6.07) is 0. The van der Waals surface area contributed by atoms with Crippen molar-refractivity contribution in [3.05, 3.63) is 23.9 Å². The van der Waals surface area contributed by atoms with Gasteiger partial charge in [0.25, 0.3) is 0 Å². The van der Waals surface area contributed by atoms with E-state index in [1.54, 1.807) is 0 Å². The molecule has 0 aliphatic carbocycles. The minimum atomic E-state index is 0.949. The molecule has 0 bridgehead atoms. The Morgan fingerprint density at radius 1 is 1.50 bits per heavy atom. The molecule has 0 aromatic heterocycles. The molecule has 0 unspecified atom stereocenters. The molecule has 10 heavy (non-hydrogen) atoms. The number of nitrogens with one attached hydrogen (secondary N) is 1. The zero-order chi connectivity index (χ0) is 6.81. The second-order valence-corrected chi connectivity index (χ2v) is 2.46. The van der Waals surface area contributed by atoms with Crippen LogP contribution < -0.4 is 5.32 Å². The van der Waals surface area contributed by atoms with Gasteiger partial charge in [-0.25, -0.2) is 0 Å². The van der Waals surface area contributed by atoms with Crippen LogP contribution in [0, 0.1) is 0 Å². The summed E-state index contributed by atoms with van der Waals surface area (Å²) in [6.45, 7) is 1.90. The Morgan fingerprint density at radius 3 is 3.40 bits per heavy atom. The molecular weight excluding hydrogens is 124 g/mol. The zero-order valence-corrected chi connectivity index (χ0v) is 5.80. The molecule has 2 nitrogen and oxygen atoms in total. The molecule has 0 aromatic carbocycles. The highest BCUT2D eigenvalue weighted by atomic mass is 14.9. The topological polar surface area (TPSA) is 24.4 Å². The summed E-state index contributed by atoms with van der Waals surface area (Å²) in [7, 11) is 0. The molecule has 0 spiro atoms. The Hall–Kier alpha value is -1.05. The summed E-state index contributed by atoms with van der Waals surface area (Å²) in [6.07, 6.45) is 7.48. The van der Waals surface area contributed by atoms with E-state index in [4.69, 9.17) is 0 Å². The SMILES string of the molecule is C1=CC2=NCCC=C2NC1. The molecule has 0 saturated carbocycles. The number of nitrogens with zero attached hydrogens (tertiary/aromatic N) is 1.